The molecule has 0 atom stereocenters. The molecule has 0 amide bonds. The molecule has 0 aliphatic rings. The van der Waals surface area contributed by atoms with Crippen LogP contribution in [0.4, 0.5) is 0 Å². The molecule has 0 fully saturated rings. The maximum absolute atomic E-state index is 10.3. The van der Waals surface area contributed by atoms with Crippen molar-refractivity contribution >= 4 is 5.97 Å². The Kier molecular flexibility index (Phi) is 4.49. The van der Waals surface area contributed by atoms with E-state index in [2.05, 4.69) is 24.3 Å². The lowest BCUT2D eigenvalue weighted by Gasteiger charge is -2.05. The summed E-state index contributed by atoms with van der Waals surface area (Å²) in [4.78, 5) is 10.3. The Morgan fingerprint density at radius 1 is 1.62 bits per heavy atom. The lowest BCUT2D eigenvalue weighted by Crippen LogP contribution is -2.18. The highest BCUT2D eigenvalue weighted by atomic mass is 16.4. The lowest BCUT2D eigenvalue weighted by atomic mass is 10.1. The zero-order valence-corrected chi connectivity index (χ0v) is 10.0. The van der Waals surface area contributed by atoms with Crippen molar-refractivity contribution in [2.24, 2.45) is 7.05 Å². The van der Waals surface area contributed by atoms with Crippen LogP contribution < -0.4 is 5.32 Å². The lowest BCUT2D eigenvalue weighted by molar-refractivity contribution is -0.136. The highest BCUT2D eigenvalue weighted by molar-refractivity contribution is 5.66. The van der Waals surface area contributed by atoms with Gasteiger partial charge in [0.25, 0.3) is 0 Å². The molecule has 0 radical (unpaired) electrons. The average Bonchev–Trinajstić information content (AvgIpc) is 2.54. The third-order valence-corrected chi connectivity index (χ3v) is 2.32. The van der Waals surface area contributed by atoms with Crippen molar-refractivity contribution in [2.75, 3.05) is 6.54 Å². The van der Waals surface area contributed by atoms with Crippen LogP contribution in [-0.4, -0.2) is 27.4 Å². The largest absolute Gasteiger partial charge is 0.481 e. The Morgan fingerprint density at radius 3 is 2.88 bits per heavy atom. The highest BCUT2D eigenvalue weighted by Gasteiger charge is 2.10. The van der Waals surface area contributed by atoms with Crippen molar-refractivity contribution in [1.29, 1.82) is 0 Å². The molecule has 0 aliphatic heterocycles. The number of aromatic nitrogens is 2. The van der Waals surface area contributed by atoms with Crippen molar-refractivity contribution in [3.05, 3.63) is 17.5 Å². The number of rotatable bonds is 6. The number of hydrogen-bond donors (Lipinski definition) is 2. The molecule has 1 aromatic heterocycles. The Balaban J connectivity index is 2.49. The number of carbonyl (C=O) groups is 1. The van der Waals surface area contributed by atoms with E-state index in [0.717, 1.165) is 11.3 Å². The van der Waals surface area contributed by atoms with Crippen molar-refractivity contribution in [1.82, 2.24) is 15.1 Å². The van der Waals surface area contributed by atoms with Crippen LogP contribution in [-0.2, 0) is 18.4 Å². The first-order valence-corrected chi connectivity index (χ1v) is 5.45. The number of hydrogen-bond acceptors (Lipinski definition) is 3. The normalized spacial score (nSPS) is 11.0. The fourth-order valence-corrected chi connectivity index (χ4v) is 1.60. The van der Waals surface area contributed by atoms with Gasteiger partial charge in [-0.3, -0.25) is 9.48 Å². The van der Waals surface area contributed by atoms with E-state index in [4.69, 9.17) is 5.11 Å². The number of aryl methyl sites for hydroxylation is 1. The average molecular weight is 225 g/mol. The molecule has 5 heteroatoms. The van der Waals surface area contributed by atoms with Crippen molar-refractivity contribution in [3.8, 4) is 0 Å². The number of carboxylic acid groups (broad SMARTS) is 1. The molecular weight excluding hydrogens is 206 g/mol. The molecule has 0 unspecified atom stereocenters. The summed E-state index contributed by atoms with van der Waals surface area (Å²) >= 11 is 0. The van der Waals surface area contributed by atoms with Crippen LogP contribution in [0.2, 0.25) is 0 Å². The van der Waals surface area contributed by atoms with E-state index in [0.29, 0.717) is 19.0 Å². The zero-order valence-electron chi connectivity index (χ0n) is 10.0. The van der Waals surface area contributed by atoms with Crippen LogP contribution in [0, 0.1) is 0 Å². The number of nitrogens with one attached hydrogen (secondary N) is 1. The van der Waals surface area contributed by atoms with Gasteiger partial charge in [0.1, 0.15) is 0 Å². The van der Waals surface area contributed by atoms with Crippen LogP contribution in [0.25, 0.3) is 0 Å². The van der Waals surface area contributed by atoms with E-state index >= 15 is 0 Å². The second kappa shape index (κ2) is 5.65. The van der Waals surface area contributed by atoms with Gasteiger partial charge >= 0.3 is 5.97 Å². The molecule has 1 rings (SSSR count). The molecule has 5 nitrogen and oxygen atoms in total. The van der Waals surface area contributed by atoms with Gasteiger partial charge < -0.3 is 10.4 Å². The number of carboxylic acids is 1. The van der Waals surface area contributed by atoms with E-state index in [1.54, 1.807) is 4.68 Å². The maximum atomic E-state index is 10.3. The minimum absolute atomic E-state index is 0.150. The van der Waals surface area contributed by atoms with Gasteiger partial charge in [-0.2, -0.15) is 5.10 Å². The van der Waals surface area contributed by atoms with Crippen molar-refractivity contribution in [3.63, 3.8) is 0 Å². The SMILES string of the molecule is CC(C)c1nn(C)cc1CNCCC(=O)O. The van der Waals surface area contributed by atoms with Crippen LogP contribution >= 0.6 is 0 Å². The molecule has 0 saturated heterocycles. The molecule has 0 aromatic carbocycles. The van der Waals surface area contributed by atoms with Gasteiger partial charge in [0, 0.05) is 31.9 Å². The second-order valence-electron chi connectivity index (χ2n) is 4.19. The molecule has 0 saturated carbocycles. The molecule has 0 spiro atoms. The first-order chi connectivity index (χ1) is 7.50. The standard InChI is InChI=1S/C11H19N3O2/c1-8(2)11-9(7-14(3)13-11)6-12-5-4-10(15)16/h7-8,12H,4-6H2,1-3H3,(H,15,16). The van der Waals surface area contributed by atoms with E-state index in [-0.39, 0.29) is 6.42 Å². The van der Waals surface area contributed by atoms with Crippen LogP contribution in [0.5, 0.6) is 0 Å². The minimum atomic E-state index is -0.775. The summed E-state index contributed by atoms with van der Waals surface area (Å²) in [6.45, 7) is 5.36. The maximum Gasteiger partial charge on any atom is 0.304 e. The summed E-state index contributed by atoms with van der Waals surface area (Å²) in [5.74, 6) is -0.389. The fourth-order valence-electron chi connectivity index (χ4n) is 1.60. The van der Waals surface area contributed by atoms with Crippen molar-refractivity contribution < 1.29 is 9.90 Å². The summed E-state index contributed by atoms with van der Waals surface area (Å²) < 4.78 is 1.80. The van der Waals surface area contributed by atoms with Gasteiger partial charge in [-0.25, -0.2) is 0 Å². The van der Waals surface area contributed by atoms with Gasteiger partial charge in [0.05, 0.1) is 12.1 Å². The van der Waals surface area contributed by atoms with Crippen LogP contribution in [0.3, 0.4) is 0 Å². The predicted octanol–water partition coefficient (Wildman–Crippen LogP) is 1.11. The monoisotopic (exact) mass is 225 g/mol. The first kappa shape index (κ1) is 12.7. The predicted molar refractivity (Wildman–Crippen MR) is 61.3 cm³/mol. The molecule has 2 N–H and O–H groups in total. The van der Waals surface area contributed by atoms with E-state index in [1.165, 1.54) is 0 Å². The number of aliphatic carboxylic acids is 1. The van der Waals surface area contributed by atoms with E-state index in [1.807, 2.05) is 13.2 Å². The van der Waals surface area contributed by atoms with Gasteiger partial charge in [0.15, 0.2) is 0 Å². The molecule has 90 valence electrons. The van der Waals surface area contributed by atoms with Crippen LogP contribution in [0.1, 0.15) is 37.4 Å². The van der Waals surface area contributed by atoms with Crippen molar-refractivity contribution in [2.45, 2.75) is 32.7 Å². The molecule has 16 heavy (non-hydrogen) atoms. The molecule has 0 aliphatic carbocycles. The highest BCUT2D eigenvalue weighted by Crippen LogP contribution is 2.16. The van der Waals surface area contributed by atoms with Gasteiger partial charge in [-0.1, -0.05) is 13.8 Å². The Morgan fingerprint density at radius 2 is 2.31 bits per heavy atom. The Hall–Kier alpha value is -1.36. The minimum Gasteiger partial charge on any atom is -0.481 e. The van der Waals surface area contributed by atoms with Gasteiger partial charge in [-0.05, 0) is 5.92 Å². The summed E-state index contributed by atoms with van der Waals surface area (Å²) in [6, 6.07) is 0. The summed E-state index contributed by atoms with van der Waals surface area (Å²) in [6.07, 6.45) is 2.13. The summed E-state index contributed by atoms with van der Waals surface area (Å²) in [5.41, 5.74) is 2.22. The molecule has 0 bridgehead atoms. The molecular formula is C11H19N3O2. The Labute approximate surface area is 95.5 Å². The third kappa shape index (κ3) is 3.66. The zero-order chi connectivity index (χ0) is 12.1. The first-order valence-electron chi connectivity index (χ1n) is 5.45. The van der Waals surface area contributed by atoms with Gasteiger partial charge in [0.2, 0.25) is 0 Å². The third-order valence-electron chi connectivity index (χ3n) is 2.32. The van der Waals surface area contributed by atoms with E-state index in [9.17, 15) is 4.79 Å². The topological polar surface area (TPSA) is 67.2 Å². The quantitative estimate of drug-likeness (QED) is 0.712. The van der Waals surface area contributed by atoms with E-state index < -0.39 is 5.97 Å². The molecule has 1 aromatic rings. The fraction of sp³-hybridized carbons (Fsp3) is 0.636. The number of nitrogens with zero attached hydrogens (tertiary/aromatic N) is 2. The van der Waals surface area contributed by atoms with Gasteiger partial charge in [-0.15, -0.1) is 0 Å². The second-order valence-corrected chi connectivity index (χ2v) is 4.19. The summed E-state index contributed by atoms with van der Waals surface area (Å²) in [5, 5.41) is 16.0. The molecule has 1 heterocycles. The summed E-state index contributed by atoms with van der Waals surface area (Å²) in [7, 11) is 1.90. The Bertz CT molecular complexity index is 358. The smallest absolute Gasteiger partial charge is 0.304 e. The van der Waals surface area contributed by atoms with Crippen LogP contribution in [0.15, 0.2) is 6.20 Å².